The van der Waals surface area contributed by atoms with E-state index in [1.165, 1.54) is 13.1 Å². The highest BCUT2D eigenvalue weighted by Crippen LogP contribution is 2.29. The molecule has 6 heteroatoms. The van der Waals surface area contributed by atoms with Crippen LogP contribution in [0.15, 0.2) is 23.2 Å². The quantitative estimate of drug-likeness (QED) is 0.785. The van der Waals surface area contributed by atoms with E-state index in [0.29, 0.717) is 0 Å². The highest BCUT2D eigenvalue weighted by Gasteiger charge is 2.35. The van der Waals surface area contributed by atoms with Gasteiger partial charge in [0.25, 0.3) is 0 Å². The summed E-state index contributed by atoms with van der Waals surface area (Å²) >= 11 is 0. The fraction of sp³-hybridized carbons (Fsp3) is 0.200. The Morgan fingerprint density at radius 3 is 2.38 bits per heavy atom. The van der Waals surface area contributed by atoms with Crippen LogP contribution in [0.1, 0.15) is 11.6 Å². The summed E-state index contributed by atoms with van der Waals surface area (Å²) in [4.78, 5) is 15.8. The van der Waals surface area contributed by atoms with Crippen molar-refractivity contribution in [2.24, 2.45) is 10.7 Å². The molecule has 16 heavy (non-hydrogen) atoms. The van der Waals surface area contributed by atoms with Crippen LogP contribution in [0.4, 0.5) is 13.6 Å². The van der Waals surface area contributed by atoms with Gasteiger partial charge < -0.3 is 10.6 Å². The van der Waals surface area contributed by atoms with Crippen molar-refractivity contribution in [1.29, 1.82) is 0 Å². The zero-order chi connectivity index (χ0) is 11.9. The van der Waals surface area contributed by atoms with Crippen molar-refractivity contribution in [2.45, 2.75) is 6.04 Å². The largest absolute Gasteiger partial charge is 0.385 e. The number of benzene rings is 1. The predicted molar refractivity (Wildman–Crippen MR) is 53.9 cm³/mol. The first-order valence-corrected chi connectivity index (χ1v) is 4.57. The Morgan fingerprint density at radius 1 is 1.38 bits per heavy atom. The van der Waals surface area contributed by atoms with Crippen LogP contribution < -0.4 is 5.73 Å². The molecular weight excluding hydrogens is 216 g/mol. The summed E-state index contributed by atoms with van der Waals surface area (Å²) in [7, 11) is 1.39. The summed E-state index contributed by atoms with van der Waals surface area (Å²) in [6, 6.07) is 1.90. The molecule has 0 radical (unpaired) electrons. The van der Waals surface area contributed by atoms with Gasteiger partial charge in [0, 0.05) is 7.05 Å². The number of aliphatic imine (C=N–C) groups is 1. The molecule has 4 nitrogen and oxygen atoms in total. The summed E-state index contributed by atoms with van der Waals surface area (Å²) in [6.45, 7) is 0. The van der Waals surface area contributed by atoms with Gasteiger partial charge in [0.15, 0.2) is 0 Å². The third-order valence-electron chi connectivity index (χ3n) is 2.47. The molecule has 0 spiro atoms. The first-order valence-electron chi connectivity index (χ1n) is 4.57. The minimum Gasteiger partial charge on any atom is -0.385 e. The van der Waals surface area contributed by atoms with Crippen LogP contribution >= 0.6 is 0 Å². The maximum atomic E-state index is 13.5. The number of nitrogens with zero attached hydrogens (tertiary/aromatic N) is 2. The van der Waals surface area contributed by atoms with E-state index in [9.17, 15) is 13.6 Å². The molecule has 1 unspecified atom stereocenters. The van der Waals surface area contributed by atoms with Gasteiger partial charge in [-0.1, -0.05) is 6.07 Å². The van der Waals surface area contributed by atoms with Crippen molar-refractivity contribution in [3.63, 3.8) is 0 Å². The van der Waals surface area contributed by atoms with Crippen LogP contribution in [-0.4, -0.2) is 23.8 Å². The maximum Gasteiger partial charge on any atom is 0.345 e. The number of hydrogen-bond acceptors (Lipinski definition) is 2. The molecule has 0 aromatic heterocycles. The molecule has 0 bridgehead atoms. The fourth-order valence-corrected chi connectivity index (χ4v) is 1.67. The lowest BCUT2D eigenvalue weighted by atomic mass is 10.0. The van der Waals surface area contributed by atoms with Gasteiger partial charge in [-0.15, -0.1) is 0 Å². The van der Waals surface area contributed by atoms with E-state index in [1.54, 1.807) is 0 Å². The Labute approximate surface area is 90.4 Å². The molecule has 1 aromatic carbocycles. The molecule has 0 fully saturated rings. The van der Waals surface area contributed by atoms with E-state index in [0.717, 1.165) is 17.0 Å². The van der Waals surface area contributed by atoms with Crippen LogP contribution in [-0.2, 0) is 0 Å². The van der Waals surface area contributed by atoms with E-state index >= 15 is 0 Å². The van der Waals surface area contributed by atoms with E-state index in [1.807, 2.05) is 0 Å². The van der Waals surface area contributed by atoms with Crippen LogP contribution in [0.3, 0.4) is 0 Å². The molecule has 1 atom stereocenters. The van der Waals surface area contributed by atoms with Gasteiger partial charge in [-0.3, -0.25) is 0 Å². The van der Waals surface area contributed by atoms with E-state index in [2.05, 4.69) is 4.99 Å². The van der Waals surface area contributed by atoms with Crippen LogP contribution in [0.25, 0.3) is 0 Å². The van der Waals surface area contributed by atoms with Gasteiger partial charge in [-0.2, -0.15) is 4.99 Å². The molecule has 1 aliphatic rings. The second kappa shape index (κ2) is 3.55. The number of amides is 2. The van der Waals surface area contributed by atoms with Crippen LogP contribution in [0.2, 0.25) is 0 Å². The highest BCUT2D eigenvalue weighted by atomic mass is 19.1. The number of amidine groups is 1. The van der Waals surface area contributed by atoms with Crippen molar-refractivity contribution in [1.82, 2.24) is 4.90 Å². The molecule has 2 amide bonds. The smallest absolute Gasteiger partial charge is 0.345 e. The molecule has 0 aliphatic carbocycles. The number of halogens is 2. The lowest BCUT2D eigenvalue weighted by Crippen LogP contribution is -2.31. The monoisotopic (exact) mass is 225 g/mol. The summed E-state index contributed by atoms with van der Waals surface area (Å²) in [6.07, 6.45) is 0. The number of nitrogens with two attached hydrogens (primary N) is 1. The summed E-state index contributed by atoms with van der Waals surface area (Å²) in [5.41, 5.74) is 5.23. The second-order valence-corrected chi connectivity index (χ2v) is 3.47. The van der Waals surface area contributed by atoms with E-state index in [4.69, 9.17) is 5.73 Å². The number of carbonyl (C=O) groups is 1. The SMILES string of the molecule is CN1C(=O)N=C(N)C1c1c(F)cccc1F. The van der Waals surface area contributed by atoms with Gasteiger partial charge in [0.1, 0.15) is 23.5 Å². The molecule has 1 heterocycles. The lowest BCUT2D eigenvalue weighted by molar-refractivity contribution is 0.217. The van der Waals surface area contributed by atoms with Gasteiger partial charge in [-0.25, -0.2) is 13.6 Å². The Hall–Kier alpha value is -1.98. The molecule has 2 rings (SSSR count). The Kier molecular flexibility index (Phi) is 2.34. The summed E-state index contributed by atoms with van der Waals surface area (Å²) in [5, 5.41) is 0. The normalized spacial score (nSPS) is 20.2. The van der Waals surface area contributed by atoms with E-state index < -0.39 is 23.7 Å². The third-order valence-corrected chi connectivity index (χ3v) is 2.47. The first-order chi connectivity index (χ1) is 7.52. The highest BCUT2D eigenvalue weighted by molar-refractivity contribution is 6.03. The number of rotatable bonds is 1. The van der Waals surface area contributed by atoms with E-state index in [-0.39, 0.29) is 11.4 Å². The Bertz CT molecular complexity index is 467. The predicted octanol–water partition coefficient (Wildman–Crippen LogP) is 1.43. The fourth-order valence-electron chi connectivity index (χ4n) is 1.67. The standard InChI is InChI=1S/C10H9F2N3O/c1-15-8(9(13)14-10(15)16)7-5(11)3-2-4-6(7)12/h2-4,8H,1H3,(H2,13,14,16). The maximum absolute atomic E-state index is 13.5. The molecule has 84 valence electrons. The Morgan fingerprint density at radius 2 is 1.94 bits per heavy atom. The Balaban J connectivity index is 2.54. The zero-order valence-corrected chi connectivity index (χ0v) is 8.45. The number of carbonyl (C=O) groups excluding carboxylic acids is 1. The van der Waals surface area contributed by atoms with Crippen molar-refractivity contribution in [3.05, 3.63) is 35.4 Å². The van der Waals surface area contributed by atoms with Crippen LogP contribution in [0.5, 0.6) is 0 Å². The van der Waals surface area contributed by atoms with Gasteiger partial charge in [-0.05, 0) is 12.1 Å². The van der Waals surface area contributed by atoms with Crippen molar-refractivity contribution in [2.75, 3.05) is 7.05 Å². The van der Waals surface area contributed by atoms with Crippen molar-refractivity contribution >= 4 is 11.9 Å². The average molecular weight is 225 g/mol. The lowest BCUT2D eigenvalue weighted by Gasteiger charge is -2.20. The number of likely N-dealkylation sites (N-methyl/N-ethyl adjacent to an activating group) is 1. The van der Waals surface area contributed by atoms with Gasteiger partial charge >= 0.3 is 6.03 Å². The summed E-state index contributed by atoms with van der Waals surface area (Å²) < 4.78 is 27.0. The van der Waals surface area contributed by atoms with Crippen molar-refractivity contribution in [3.8, 4) is 0 Å². The minimum absolute atomic E-state index is 0.100. The third kappa shape index (κ3) is 1.42. The molecule has 2 N–H and O–H groups in total. The first kappa shape index (κ1) is 10.5. The number of urea groups is 1. The van der Waals surface area contributed by atoms with Crippen LogP contribution in [0, 0.1) is 11.6 Å². The number of hydrogen-bond donors (Lipinski definition) is 1. The topological polar surface area (TPSA) is 58.7 Å². The molecule has 1 aromatic rings. The molecule has 0 saturated heterocycles. The van der Waals surface area contributed by atoms with Gasteiger partial charge in [0.2, 0.25) is 0 Å². The van der Waals surface area contributed by atoms with Gasteiger partial charge in [0.05, 0.1) is 5.56 Å². The van der Waals surface area contributed by atoms with Crippen molar-refractivity contribution < 1.29 is 13.6 Å². The summed E-state index contributed by atoms with van der Waals surface area (Å²) in [5.74, 6) is -1.59. The molecule has 1 aliphatic heterocycles. The zero-order valence-electron chi connectivity index (χ0n) is 8.45. The molecular formula is C10H9F2N3O. The second-order valence-electron chi connectivity index (χ2n) is 3.47. The molecule has 0 saturated carbocycles. The average Bonchev–Trinajstić information content (AvgIpc) is 2.44. The minimum atomic E-state index is -0.964.